The predicted octanol–water partition coefficient (Wildman–Crippen LogP) is 1.09. The molecule has 0 bridgehead atoms. The molecular weight excluding hydrogens is 240 g/mol. The van der Waals surface area contributed by atoms with E-state index < -0.39 is 15.6 Å². The fraction of sp³-hybridized carbons (Fsp3) is 0.545. The lowest BCUT2D eigenvalue weighted by molar-refractivity contribution is 0.539. The highest BCUT2D eigenvalue weighted by atomic mass is 32.2. The third kappa shape index (κ3) is 4.32. The maximum Gasteiger partial charge on any atom is 0.268 e. The Labute approximate surface area is 101 Å². The Morgan fingerprint density at radius 3 is 2.71 bits per heavy atom. The van der Waals surface area contributed by atoms with Gasteiger partial charge < -0.3 is 4.98 Å². The van der Waals surface area contributed by atoms with E-state index in [0.29, 0.717) is 12.5 Å². The molecule has 1 heterocycles. The Morgan fingerprint density at radius 1 is 1.41 bits per heavy atom. The van der Waals surface area contributed by atoms with Crippen LogP contribution in [0.1, 0.15) is 26.7 Å². The van der Waals surface area contributed by atoms with Gasteiger partial charge in [-0.2, -0.15) is 0 Å². The smallest absolute Gasteiger partial charge is 0.268 e. The minimum absolute atomic E-state index is 0.232. The van der Waals surface area contributed by atoms with E-state index in [9.17, 15) is 13.2 Å². The van der Waals surface area contributed by atoms with Gasteiger partial charge in [0.2, 0.25) is 10.0 Å². The van der Waals surface area contributed by atoms with Crippen molar-refractivity contribution in [2.45, 2.75) is 31.6 Å². The van der Waals surface area contributed by atoms with Gasteiger partial charge in [0.25, 0.3) is 5.56 Å². The normalized spacial score (nSPS) is 11.9. The number of hydrogen-bond acceptors (Lipinski definition) is 3. The van der Waals surface area contributed by atoms with Crippen LogP contribution in [0.25, 0.3) is 0 Å². The van der Waals surface area contributed by atoms with Crippen LogP contribution in [-0.4, -0.2) is 19.9 Å². The molecule has 0 amide bonds. The summed E-state index contributed by atoms with van der Waals surface area (Å²) in [5.41, 5.74) is -0.594. The standard InChI is InChI=1S/C11H18N2O3S/c1-9(2)5-3-8-13-17(15,16)10-6-4-7-12-11(10)14/h4,6-7,9,13H,3,5,8H2,1-2H3,(H,12,14). The molecule has 6 heteroatoms. The van der Waals surface area contributed by atoms with Gasteiger partial charge in [0.1, 0.15) is 4.90 Å². The summed E-state index contributed by atoms with van der Waals surface area (Å²) in [6.07, 6.45) is 3.12. The second-order valence-electron chi connectivity index (χ2n) is 4.30. The number of nitrogens with one attached hydrogen (secondary N) is 2. The Bertz CT molecular complexity index is 505. The van der Waals surface area contributed by atoms with Gasteiger partial charge in [0.05, 0.1) is 0 Å². The third-order valence-electron chi connectivity index (χ3n) is 2.32. The molecule has 0 unspecified atom stereocenters. The van der Waals surface area contributed by atoms with Gasteiger partial charge in [-0.15, -0.1) is 0 Å². The van der Waals surface area contributed by atoms with Crippen molar-refractivity contribution in [2.24, 2.45) is 5.92 Å². The zero-order valence-electron chi connectivity index (χ0n) is 10.1. The van der Waals surface area contributed by atoms with Gasteiger partial charge in [0, 0.05) is 12.7 Å². The van der Waals surface area contributed by atoms with Crippen molar-refractivity contribution >= 4 is 10.0 Å². The molecule has 1 aromatic rings. The lowest BCUT2D eigenvalue weighted by atomic mass is 10.1. The Hall–Kier alpha value is -1.14. The van der Waals surface area contributed by atoms with Gasteiger partial charge in [-0.05, 0) is 30.9 Å². The van der Waals surface area contributed by atoms with Gasteiger partial charge in [0.15, 0.2) is 0 Å². The number of rotatable bonds is 6. The van der Waals surface area contributed by atoms with E-state index in [0.717, 1.165) is 12.8 Å². The van der Waals surface area contributed by atoms with Crippen LogP contribution in [0.15, 0.2) is 28.0 Å². The van der Waals surface area contributed by atoms with E-state index in [2.05, 4.69) is 23.6 Å². The number of sulfonamides is 1. The number of hydrogen-bond donors (Lipinski definition) is 2. The second kappa shape index (κ2) is 5.97. The quantitative estimate of drug-likeness (QED) is 0.750. The van der Waals surface area contributed by atoms with E-state index in [4.69, 9.17) is 0 Å². The van der Waals surface area contributed by atoms with Crippen LogP contribution < -0.4 is 10.3 Å². The average Bonchev–Trinajstić information content (AvgIpc) is 2.24. The first-order chi connectivity index (χ1) is 7.93. The summed E-state index contributed by atoms with van der Waals surface area (Å²) in [7, 11) is -3.68. The molecule has 0 aliphatic heterocycles. The summed E-state index contributed by atoms with van der Waals surface area (Å²) in [6.45, 7) is 4.52. The molecule has 5 nitrogen and oxygen atoms in total. The van der Waals surface area contributed by atoms with Crippen LogP contribution in [0.4, 0.5) is 0 Å². The van der Waals surface area contributed by atoms with Crippen molar-refractivity contribution in [1.29, 1.82) is 0 Å². The Kier molecular flexibility index (Phi) is 4.89. The molecule has 0 spiro atoms. The highest BCUT2D eigenvalue weighted by Gasteiger charge is 2.16. The summed E-state index contributed by atoms with van der Waals surface area (Å²) in [5.74, 6) is 0.541. The largest absolute Gasteiger partial charge is 0.328 e. The number of aromatic nitrogens is 1. The molecule has 1 aromatic heterocycles. The highest BCUT2D eigenvalue weighted by molar-refractivity contribution is 7.89. The highest BCUT2D eigenvalue weighted by Crippen LogP contribution is 2.04. The molecular formula is C11H18N2O3S. The van der Waals surface area contributed by atoms with Gasteiger partial charge in [-0.1, -0.05) is 13.8 Å². The van der Waals surface area contributed by atoms with Crippen molar-refractivity contribution < 1.29 is 8.42 Å². The van der Waals surface area contributed by atoms with E-state index in [1.165, 1.54) is 18.3 Å². The van der Waals surface area contributed by atoms with Crippen LogP contribution in [0, 0.1) is 5.92 Å². The van der Waals surface area contributed by atoms with Crippen molar-refractivity contribution in [1.82, 2.24) is 9.71 Å². The first kappa shape index (κ1) is 13.9. The zero-order valence-corrected chi connectivity index (χ0v) is 10.9. The molecule has 96 valence electrons. The number of H-pyrrole nitrogens is 1. The lowest BCUT2D eigenvalue weighted by Crippen LogP contribution is -2.30. The van der Waals surface area contributed by atoms with Gasteiger partial charge in [-0.3, -0.25) is 4.79 Å². The van der Waals surface area contributed by atoms with Crippen LogP contribution >= 0.6 is 0 Å². The fourth-order valence-corrected chi connectivity index (χ4v) is 2.54. The molecule has 2 N–H and O–H groups in total. The minimum Gasteiger partial charge on any atom is -0.328 e. The molecule has 0 aromatic carbocycles. The second-order valence-corrected chi connectivity index (χ2v) is 6.03. The summed E-state index contributed by atoms with van der Waals surface area (Å²) < 4.78 is 26.0. The van der Waals surface area contributed by atoms with Crippen LogP contribution in [0.2, 0.25) is 0 Å². The van der Waals surface area contributed by atoms with Crippen molar-refractivity contribution in [3.05, 3.63) is 28.7 Å². The Morgan fingerprint density at radius 2 is 2.12 bits per heavy atom. The van der Waals surface area contributed by atoms with E-state index in [1.807, 2.05) is 0 Å². The first-order valence-corrected chi connectivity index (χ1v) is 7.09. The maximum atomic E-state index is 11.8. The van der Waals surface area contributed by atoms with Crippen molar-refractivity contribution in [3.8, 4) is 0 Å². The van der Waals surface area contributed by atoms with E-state index in [1.54, 1.807) is 0 Å². The number of aromatic amines is 1. The van der Waals surface area contributed by atoms with Gasteiger partial charge in [-0.25, -0.2) is 13.1 Å². The summed E-state index contributed by atoms with van der Waals surface area (Å²) in [5, 5.41) is 0. The summed E-state index contributed by atoms with van der Waals surface area (Å²) >= 11 is 0. The summed E-state index contributed by atoms with van der Waals surface area (Å²) in [6, 6.07) is 2.79. The van der Waals surface area contributed by atoms with Crippen molar-refractivity contribution in [3.63, 3.8) is 0 Å². The predicted molar refractivity (Wildman–Crippen MR) is 66.3 cm³/mol. The van der Waals surface area contributed by atoms with Crippen LogP contribution in [0.5, 0.6) is 0 Å². The molecule has 1 rings (SSSR count). The Balaban J connectivity index is 2.64. The average molecular weight is 258 g/mol. The maximum absolute atomic E-state index is 11.8. The lowest BCUT2D eigenvalue weighted by Gasteiger charge is -2.07. The SMILES string of the molecule is CC(C)CCCNS(=O)(=O)c1ccc[nH]c1=O. The molecule has 0 fully saturated rings. The van der Waals surface area contributed by atoms with Gasteiger partial charge >= 0.3 is 0 Å². The number of pyridine rings is 1. The first-order valence-electron chi connectivity index (χ1n) is 5.61. The molecule has 0 aliphatic rings. The molecule has 17 heavy (non-hydrogen) atoms. The topological polar surface area (TPSA) is 79.0 Å². The van der Waals surface area contributed by atoms with Crippen molar-refractivity contribution in [2.75, 3.05) is 6.54 Å². The molecule has 0 saturated carbocycles. The third-order valence-corrected chi connectivity index (χ3v) is 3.81. The van der Waals surface area contributed by atoms with Crippen LogP contribution in [-0.2, 0) is 10.0 Å². The molecule has 0 radical (unpaired) electrons. The van der Waals surface area contributed by atoms with E-state index >= 15 is 0 Å². The monoisotopic (exact) mass is 258 g/mol. The molecule has 0 aliphatic carbocycles. The molecule has 0 atom stereocenters. The van der Waals surface area contributed by atoms with E-state index in [-0.39, 0.29) is 4.90 Å². The summed E-state index contributed by atoms with van der Waals surface area (Å²) in [4.78, 5) is 13.4. The molecule has 0 saturated heterocycles. The fourth-order valence-electron chi connectivity index (χ4n) is 1.41. The van der Waals surface area contributed by atoms with Crippen LogP contribution in [0.3, 0.4) is 0 Å². The minimum atomic E-state index is -3.68. The zero-order chi connectivity index (χ0) is 12.9.